The monoisotopic (exact) mass is 476 g/mol. The second kappa shape index (κ2) is 8.91. The average Bonchev–Trinajstić information content (AvgIpc) is 2.95. The Hall–Kier alpha value is -3.47. The first-order valence-corrected chi connectivity index (χ1v) is 9.64. The van der Waals surface area contributed by atoms with Crippen LogP contribution in [0.4, 0.5) is 16.2 Å². The minimum atomic E-state index is -0.597. The molecule has 0 saturated carbocycles. The summed E-state index contributed by atoms with van der Waals surface area (Å²) >= 11 is 3.28. The zero-order valence-electron chi connectivity index (χ0n) is 15.8. The number of fused-ring (bicyclic) bond motifs is 1. The van der Waals surface area contributed by atoms with Crippen LogP contribution in [0.15, 0.2) is 40.9 Å². The van der Waals surface area contributed by atoms with E-state index in [4.69, 9.17) is 4.74 Å². The number of halogens is 1. The number of amides is 4. The van der Waals surface area contributed by atoms with Gasteiger partial charge in [-0.25, -0.2) is 4.79 Å². The first-order valence-electron chi connectivity index (χ1n) is 8.85. The molecule has 2 N–H and O–H groups in total. The Kier molecular flexibility index (Phi) is 6.31. The lowest BCUT2D eigenvalue weighted by atomic mass is 10.1. The number of ether oxygens (including phenoxy) is 1. The molecule has 2 aromatic rings. The molecule has 3 rings (SSSR count). The summed E-state index contributed by atoms with van der Waals surface area (Å²) in [5.74, 6) is -0.469. The highest BCUT2D eigenvalue weighted by Gasteiger charge is 2.34. The van der Waals surface area contributed by atoms with E-state index in [0.29, 0.717) is 22.0 Å². The Morgan fingerprint density at radius 2 is 1.90 bits per heavy atom. The number of imide groups is 1. The molecule has 1 aliphatic rings. The van der Waals surface area contributed by atoms with Crippen molar-refractivity contribution in [1.82, 2.24) is 10.2 Å². The molecule has 0 aromatic heterocycles. The summed E-state index contributed by atoms with van der Waals surface area (Å²) in [5.41, 5.74) is 0.656. The topological polar surface area (TPSA) is 131 Å². The fourth-order valence-electron chi connectivity index (χ4n) is 2.98. The zero-order valence-corrected chi connectivity index (χ0v) is 17.4. The highest BCUT2D eigenvalue weighted by molar-refractivity contribution is 9.10. The molecule has 30 heavy (non-hydrogen) atoms. The van der Waals surface area contributed by atoms with Gasteiger partial charge in [0.1, 0.15) is 5.75 Å². The predicted octanol–water partition coefficient (Wildman–Crippen LogP) is 3.17. The van der Waals surface area contributed by atoms with Crippen LogP contribution in [0.25, 0.3) is 0 Å². The van der Waals surface area contributed by atoms with Gasteiger partial charge in [0.15, 0.2) is 0 Å². The SMILES string of the molecule is COc1ccc([N+](=O)[O-])cc1NC(=O)NCCCN1C(=O)c2ccc(Br)cc2C1=O. The van der Waals surface area contributed by atoms with E-state index in [2.05, 4.69) is 26.6 Å². The molecule has 11 heteroatoms. The molecule has 0 atom stereocenters. The minimum absolute atomic E-state index is 0.143. The number of anilines is 1. The largest absolute Gasteiger partial charge is 0.495 e. The van der Waals surface area contributed by atoms with Crippen LogP contribution in [0, 0.1) is 10.1 Å². The van der Waals surface area contributed by atoms with Crippen LogP contribution >= 0.6 is 15.9 Å². The van der Waals surface area contributed by atoms with E-state index in [-0.39, 0.29) is 42.0 Å². The molecule has 0 spiro atoms. The van der Waals surface area contributed by atoms with Gasteiger partial charge in [0, 0.05) is 29.7 Å². The summed E-state index contributed by atoms with van der Waals surface area (Å²) in [6.07, 6.45) is 0.339. The number of benzene rings is 2. The maximum Gasteiger partial charge on any atom is 0.319 e. The summed E-state index contributed by atoms with van der Waals surface area (Å²) in [4.78, 5) is 48.3. The first-order chi connectivity index (χ1) is 14.3. The lowest BCUT2D eigenvalue weighted by Crippen LogP contribution is -2.35. The molecule has 0 fully saturated rings. The molecule has 0 aliphatic carbocycles. The normalized spacial score (nSPS) is 12.5. The second-order valence-corrected chi connectivity index (χ2v) is 7.24. The average molecular weight is 477 g/mol. The van der Waals surface area contributed by atoms with Gasteiger partial charge >= 0.3 is 6.03 Å². The third-order valence-corrected chi connectivity index (χ3v) is 4.91. The van der Waals surface area contributed by atoms with Gasteiger partial charge in [0.2, 0.25) is 0 Å². The number of nitro groups is 1. The van der Waals surface area contributed by atoms with Crippen molar-refractivity contribution in [3.8, 4) is 5.75 Å². The van der Waals surface area contributed by atoms with Crippen LogP contribution in [0.3, 0.4) is 0 Å². The number of non-ortho nitro benzene ring substituents is 1. The highest BCUT2D eigenvalue weighted by Crippen LogP contribution is 2.29. The van der Waals surface area contributed by atoms with Crippen LogP contribution in [0.1, 0.15) is 27.1 Å². The Morgan fingerprint density at radius 1 is 1.17 bits per heavy atom. The molecule has 10 nitrogen and oxygen atoms in total. The number of nitro benzene ring substituents is 1. The number of carbonyl (C=O) groups is 3. The Balaban J connectivity index is 1.52. The van der Waals surface area contributed by atoms with Crippen LogP contribution in [0.5, 0.6) is 5.75 Å². The van der Waals surface area contributed by atoms with E-state index in [1.54, 1.807) is 18.2 Å². The second-order valence-electron chi connectivity index (χ2n) is 6.33. The van der Waals surface area contributed by atoms with E-state index in [1.807, 2.05) is 0 Å². The zero-order chi connectivity index (χ0) is 21.8. The van der Waals surface area contributed by atoms with Crippen molar-refractivity contribution in [3.63, 3.8) is 0 Å². The number of nitrogens with zero attached hydrogens (tertiary/aromatic N) is 2. The summed E-state index contributed by atoms with van der Waals surface area (Å²) in [5, 5.41) is 16.0. The number of urea groups is 1. The van der Waals surface area contributed by atoms with Gasteiger partial charge in [-0.3, -0.25) is 24.6 Å². The molecule has 4 amide bonds. The number of hydrogen-bond donors (Lipinski definition) is 2. The summed E-state index contributed by atoms with van der Waals surface area (Å²) in [6.45, 7) is 0.324. The van der Waals surface area contributed by atoms with Crippen molar-refractivity contribution in [2.24, 2.45) is 0 Å². The molecular weight excluding hydrogens is 460 g/mol. The molecule has 0 unspecified atom stereocenters. The van der Waals surface area contributed by atoms with Crippen molar-refractivity contribution in [3.05, 3.63) is 62.1 Å². The van der Waals surface area contributed by atoms with Crippen molar-refractivity contribution in [1.29, 1.82) is 0 Å². The maximum absolute atomic E-state index is 12.4. The molecule has 1 aliphatic heterocycles. The fourth-order valence-corrected chi connectivity index (χ4v) is 3.34. The maximum atomic E-state index is 12.4. The summed E-state index contributed by atoms with van der Waals surface area (Å²) < 4.78 is 5.79. The predicted molar refractivity (Wildman–Crippen MR) is 111 cm³/mol. The first kappa shape index (κ1) is 21.2. The van der Waals surface area contributed by atoms with Gasteiger partial charge in [0.25, 0.3) is 17.5 Å². The number of nitrogens with one attached hydrogen (secondary N) is 2. The lowest BCUT2D eigenvalue weighted by molar-refractivity contribution is -0.384. The van der Waals surface area contributed by atoms with Crippen molar-refractivity contribution in [2.75, 3.05) is 25.5 Å². The van der Waals surface area contributed by atoms with E-state index in [0.717, 1.165) is 4.90 Å². The van der Waals surface area contributed by atoms with Crippen molar-refractivity contribution >= 4 is 45.2 Å². The van der Waals surface area contributed by atoms with Crippen molar-refractivity contribution in [2.45, 2.75) is 6.42 Å². The molecule has 156 valence electrons. The molecule has 0 bridgehead atoms. The summed E-state index contributed by atoms with van der Waals surface area (Å²) in [6, 6.07) is 8.14. The van der Waals surface area contributed by atoms with Crippen LogP contribution in [-0.2, 0) is 0 Å². The number of carbonyl (C=O) groups excluding carboxylic acids is 3. The minimum Gasteiger partial charge on any atom is -0.495 e. The third-order valence-electron chi connectivity index (χ3n) is 4.42. The number of methoxy groups -OCH3 is 1. The number of hydrogen-bond acceptors (Lipinski definition) is 6. The quantitative estimate of drug-likeness (QED) is 0.273. The van der Waals surface area contributed by atoms with Gasteiger partial charge in [0.05, 0.1) is 28.8 Å². The van der Waals surface area contributed by atoms with E-state index < -0.39 is 11.0 Å². The molecule has 1 heterocycles. The van der Waals surface area contributed by atoms with E-state index in [9.17, 15) is 24.5 Å². The smallest absolute Gasteiger partial charge is 0.319 e. The van der Waals surface area contributed by atoms with E-state index >= 15 is 0 Å². The Morgan fingerprint density at radius 3 is 2.60 bits per heavy atom. The molecule has 0 radical (unpaired) electrons. The lowest BCUT2D eigenvalue weighted by Gasteiger charge is -2.14. The van der Waals surface area contributed by atoms with Crippen LogP contribution in [-0.4, -0.2) is 47.9 Å². The third kappa shape index (κ3) is 4.40. The fraction of sp³-hybridized carbons (Fsp3) is 0.211. The van der Waals surface area contributed by atoms with Crippen LogP contribution < -0.4 is 15.4 Å². The van der Waals surface area contributed by atoms with Crippen LogP contribution in [0.2, 0.25) is 0 Å². The van der Waals surface area contributed by atoms with Gasteiger partial charge < -0.3 is 15.4 Å². The summed E-state index contributed by atoms with van der Waals surface area (Å²) in [7, 11) is 1.38. The Labute approximate surface area is 179 Å². The van der Waals surface area contributed by atoms with Gasteiger partial charge in [-0.2, -0.15) is 0 Å². The highest BCUT2D eigenvalue weighted by atomic mass is 79.9. The molecular formula is C19H17BrN4O6. The molecule has 0 saturated heterocycles. The molecule has 2 aromatic carbocycles. The van der Waals surface area contributed by atoms with Gasteiger partial charge in [-0.05, 0) is 30.7 Å². The van der Waals surface area contributed by atoms with E-state index in [1.165, 1.54) is 25.3 Å². The number of rotatable bonds is 7. The van der Waals surface area contributed by atoms with Crippen molar-refractivity contribution < 1.29 is 24.0 Å². The Bertz CT molecular complexity index is 1040. The van der Waals surface area contributed by atoms with Gasteiger partial charge in [-0.15, -0.1) is 0 Å². The van der Waals surface area contributed by atoms with Gasteiger partial charge in [-0.1, -0.05) is 15.9 Å². The standard InChI is InChI=1S/C19H17BrN4O6/c1-30-16-6-4-12(24(28)29)10-15(16)22-19(27)21-7-2-8-23-17(25)13-5-3-11(20)9-14(13)18(23)26/h3-6,9-10H,2,7-8H2,1H3,(H2,21,22,27).